The van der Waals surface area contributed by atoms with E-state index in [1.807, 2.05) is 43.3 Å². The van der Waals surface area contributed by atoms with Gasteiger partial charge in [-0.15, -0.1) is 0 Å². The van der Waals surface area contributed by atoms with Crippen LogP contribution in [0.4, 0.5) is 5.82 Å². The zero-order valence-corrected chi connectivity index (χ0v) is 13.4. The maximum atomic E-state index is 12.4. The molecule has 0 fully saturated rings. The monoisotopic (exact) mass is 324 g/mol. The Hall–Kier alpha value is -2.66. The summed E-state index contributed by atoms with van der Waals surface area (Å²) in [6.07, 6.45) is 1.62. The van der Waals surface area contributed by atoms with Crippen molar-refractivity contribution in [3.05, 3.63) is 78.5 Å². The number of nitrogens with zero attached hydrogens (tertiary/aromatic N) is 1. The van der Waals surface area contributed by atoms with E-state index in [9.17, 15) is 8.42 Å². The number of nitrogens with one attached hydrogen (secondary N) is 1. The molecule has 3 rings (SSSR count). The molecule has 0 aliphatic carbocycles. The van der Waals surface area contributed by atoms with E-state index in [4.69, 9.17) is 0 Å². The molecule has 0 saturated carbocycles. The zero-order chi connectivity index (χ0) is 16.3. The molecule has 116 valence electrons. The molecule has 2 aromatic carbocycles. The molecule has 1 aromatic heterocycles. The Balaban J connectivity index is 1.84. The molecule has 0 saturated heterocycles. The normalized spacial score (nSPS) is 11.2. The van der Waals surface area contributed by atoms with Crippen LogP contribution in [0.5, 0.6) is 0 Å². The number of pyridine rings is 1. The number of hydrogen-bond donors (Lipinski definition) is 1. The number of hydrogen-bond acceptors (Lipinski definition) is 3. The number of aryl methyl sites for hydroxylation is 1. The van der Waals surface area contributed by atoms with E-state index < -0.39 is 10.0 Å². The summed E-state index contributed by atoms with van der Waals surface area (Å²) in [4.78, 5) is 4.27. The van der Waals surface area contributed by atoms with Gasteiger partial charge in [-0.2, -0.15) is 0 Å². The summed E-state index contributed by atoms with van der Waals surface area (Å²) in [5.41, 5.74) is 2.99. The van der Waals surface area contributed by atoms with Crippen molar-refractivity contribution >= 4 is 15.8 Å². The lowest BCUT2D eigenvalue weighted by Gasteiger charge is -2.08. The standard InChI is InChI=1S/C18H16N2O2S/c1-14-7-12-18(19-13-14)20-23(21,22)17-10-8-16(9-11-17)15-5-3-2-4-6-15/h2-13H,1H3,(H,19,20). The molecule has 4 nitrogen and oxygen atoms in total. The highest BCUT2D eigenvalue weighted by Crippen LogP contribution is 2.22. The van der Waals surface area contributed by atoms with Gasteiger partial charge in [-0.1, -0.05) is 48.5 Å². The fraction of sp³-hybridized carbons (Fsp3) is 0.0556. The molecular weight excluding hydrogens is 308 g/mol. The Labute approximate surface area is 135 Å². The summed E-state index contributed by atoms with van der Waals surface area (Å²) in [5.74, 6) is 0.308. The highest BCUT2D eigenvalue weighted by atomic mass is 32.2. The average molecular weight is 324 g/mol. The van der Waals surface area contributed by atoms with Crippen molar-refractivity contribution < 1.29 is 8.42 Å². The Morgan fingerprint density at radius 2 is 1.48 bits per heavy atom. The third kappa shape index (κ3) is 3.57. The SMILES string of the molecule is Cc1ccc(NS(=O)(=O)c2ccc(-c3ccccc3)cc2)nc1. The Morgan fingerprint density at radius 1 is 0.826 bits per heavy atom. The van der Waals surface area contributed by atoms with Crippen LogP contribution >= 0.6 is 0 Å². The highest BCUT2D eigenvalue weighted by Gasteiger charge is 2.14. The van der Waals surface area contributed by atoms with Crippen LogP contribution in [0.2, 0.25) is 0 Å². The van der Waals surface area contributed by atoms with Gasteiger partial charge in [-0.3, -0.25) is 4.72 Å². The van der Waals surface area contributed by atoms with Gasteiger partial charge in [-0.25, -0.2) is 13.4 Å². The van der Waals surface area contributed by atoms with Crippen LogP contribution in [0.1, 0.15) is 5.56 Å². The van der Waals surface area contributed by atoms with Crippen molar-refractivity contribution in [2.24, 2.45) is 0 Å². The summed E-state index contributed by atoms with van der Waals surface area (Å²) in [6.45, 7) is 1.90. The Bertz CT molecular complexity index is 888. The van der Waals surface area contributed by atoms with Crippen LogP contribution in [0, 0.1) is 6.92 Å². The van der Waals surface area contributed by atoms with E-state index in [0.29, 0.717) is 5.82 Å². The summed E-state index contributed by atoms with van der Waals surface area (Å²) in [6, 6.07) is 20.1. The molecule has 23 heavy (non-hydrogen) atoms. The number of aromatic nitrogens is 1. The first-order chi connectivity index (χ1) is 11.0. The fourth-order valence-corrected chi connectivity index (χ4v) is 3.19. The molecule has 0 aliphatic heterocycles. The lowest BCUT2D eigenvalue weighted by Crippen LogP contribution is -2.13. The van der Waals surface area contributed by atoms with Crippen LogP contribution in [-0.2, 0) is 10.0 Å². The number of anilines is 1. The van der Waals surface area contributed by atoms with Crippen LogP contribution < -0.4 is 4.72 Å². The van der Waals surface area contributed by atoms with E-state index in [1.165, 1.54) is 0 Å². The van der Waals surface area contributed by atoms with Crippen molar-refractivity contribution in [1.29, 1.82) is 0 Å². The minimum absolute atomic E-state index is 0.208. The molecule has 0 spiro atoms. The summed E-state index contributed by atoms with van der Waals surface area (Å²) >= 11 is 0. The average Bonchev–Trinajstić information content (AvgIpc) is 2.58. The smallest absolute Gasteiger partial charge is 0.263 e. The lowest BCUT2D eigenvalue weighted by atomic mass is 10.1. The maximum Gasteiger partial charge on any atom is 0.263 e. The number of rotatable bonds is 4. The van der Waals surface area contributed by atoms with Crippen LogP contribution in [0.3, 0.4) is 0 Å². The number of sulfonamides is 1. The van der Waals surface area contributed by atoms with E-state index in [1.54, 1.807) is 36.5 Å². The zero-order valence-electron chi connectivity index (χ0n) is 12.6. The van der Waals surface area contributed by atoms with Crippen LogP contribution in [0.25, 0.3) is 11.1 Å². The van der Waals surface area contributed by atoms with E-state index in [2.05, 4.69) is 9.71 Å². The first-order valence-electron chi connectivity index (χ1n) is 7.15. The van der Waals surface area contributed by atoms with Gasteiger partial charge in [0.25, 0.3) is 10.0 Å². The van der Waals surface area contributed by atoms with Gasteiger partial charge in [0.15, 0.2) is 0 Å². The van der Waals surface area contributed by atoms with Crippen LogP contribution in [0.15, 0.2) is 77.8 Å². The van der Waals surface area contributed by atoms with E-state index >= 15 is 0 Å². The summed E-state index contributed by atoms with van der Waals surface area (Å²) in [7, 11) is -3.64. The predicted molar refractivity (Wildman–Crippen MR) is 91.7 cm³/mol. The van der Waals surface area contributed by atoms with Gasteiger partial charge in [-0.05, 0) is 41.8 Å². The molecular formula is C18H16N2O2S. The molecule has 0 unspecified atom stereocenters. The van der Waals surface area contributed by atoms with Gasteiger partial charge in [0.1, 0.15) is 5.82 Å². The highest BCUT2D eigenvalue weighted by molar-refractivity contribution is 7.92. The van der Waals surface area contributed by atoms with Crippen molar-refractivity contribution in [1.82, 2.24) is 4.98 Å². The van der Waals surface area contributed by atoms with Gasteiger partial charge in [0, 0.05) is 6.20 Å². The second kappa shape index (κ2) is 6.22. The molecule has 1 heterocycles. The third-order valence-electron chi connectivity index (χ3n) is 3.42. The third-order valence-corrected chi connectivity index (χ3v) is 4.79. The van der Waals surface area contributed by atoms with E-state index in [0.717, 1.165) is 16.7 Å². The minimum Gasteiger partial charge on any atom is -0.263 e. The summed E-state index contributed by atoms with van der Waals surface area (Å²) < 4.78 is 27.2. The first-order valence-corrected chi connectivity index (χ1v) is 8.64. The largest absolute Gasteiger partial charge is 0.263 e. The topological polar surface area (TPSA) is 59.1 Å². The maximum absolute atomic E-state index is 12.4. The summed E-state index contributed by atoms with van der Waals surface area (Å²) in [5, 5.41) is 0. The Morgan fingerprint density at radius 3 is 2.09 bits per heavy atom. The van der Waals surface area contributed by atoms with Crippen molar-refractivity contribution in [3.63, 3.8) is 0 Å². The minimum atomic E-state index is -3.64. The van der Waals surface area contributed by atoms with Crippen LogP contribution in [-0.4, -0.2) is 13.4 Å². The Kier molecular flexibility index (Phi) is 4.12. The molecule has 0 aliphatic rings. The first kappa shape index (κ1) is 15.2. The van der Waals surface area contributed by atoms with Gasteiger partial charge >= 0.3 is 0 Å². The lowest BCUT2D eigenvalue weighted by molar-refractivity contribution is 0.601. The fourth-order valence-electron chi connectivity index (χ4n) is 2.18. The molecule has 0 bridgehead atoms. The van der Waals surface area contributed by atoms with E-state index in [-0.39, 0.29) is 4.90 Å². The number of benzene rings is 2. The molecule has 0 amide bonds. The second-order valence-electron chi connectivity index (χ2n) is 5.22. The second-order valence-corrected chi connectivity index (χ2v) is 6.90. The van der Waals surface area contributed by atoms with Gasteiger partial charge < -0.3 is 0 Å². The molecule has 0 radical (unpaired) electrons. The molecule has 0 atom stereocenters. The molecule has 3 aromatic rings. The van der Waals surface area contributed by atoms with Crippen molar-refractivity contribution in [2.75, 3.05) is 4.72 Å². The van der Waals surface area contributed by atoms with Gasteiger partial charge in [0.05, 0.1) is 4.90 Å². The predicted octanol–water partition coefficient (Wildman–Crippen LogP) is 3.86. The molecule has 5 heteroatoms. The quantitative estimate of drug-likeness (QED) is 0.793. The van der Waals surface area contributed by atoms with Gasteiger partial charge in [0.2, 0.25) is 0 Å². The van der Waals surface area contributed by atoms with Crippen molar-refractivity contribution in [3.8, 4) is 11.1 Å². The molecule has 1 N–H and O–H groups in total. The van der Waals surface area contributed by atoms with Crippen molar-refractivity contribution in [2.45, 2.75) is 11.8 Å².